The molecule has 5 heteroatoms. The summed E-state index contributed by atoms with van der Waals surface area (Å²) in [4.78, 5) is 17.7. The van der Waals surface area contributed by atoms with E-state index in [4.69, 9.17) is 0 Å². The summed E-state index contributed by atoms with van der Waals surface area (Å²) in [7, 11) is 1.94. The molecule has 0 saturated carbocycles. The van der Waals surface area contributed by atoms with Gasteiger partial charge in [-0.25, -0.2) is 4.68 Å². The van der Waals surface area contributed by atoms with Gasteiger partial charge in [-0.05, 0) is 55.5 Å². The summed E-state index contributed by atoms with van der Waals surface area (Å²) >= 11 is 0. The van der Waals surface area contributed by atoms with Gasteiger partial charge in [0.15, 0.2) is 0 Å². The fourth-order valence-electron chi connectivity index (χ4n) is 4.95. The van der Waals surface area contributed by atoms with Crippen molar-refractivity contribution in [1.29, 1.82) is 0 Å². The fraction of sp³-hybridized carbons (Fsp3) is 0.360. The van der Waals surface area contributed by atoms with Crippen molar-refractivity contribution in [3.8, 4) is 5.69 Å². The van der Waals surface area contributed by atoms with E-state index >= 15 is 0 Å². The molecule has 2 aliphatic rings. The number of nitrogens with zero attached hydrogens (tertiary/aromatic N) is 4. The molecule has 30 heavy (non-hydrogen) atoms. The first-order valence-corrected chi connectivity index (χ1v) is 10.9. The van der Waals surface area contributed by atoms with E-state index in [1.165, 1.54) is 11.1 Å². The van der Waals surface area contributed by atoms with Gasteiger partial charge < -0.3 is 4.90 Å². The Balaban J connectivity index is 1.25. The van der Waals surface area contributed by atoms with Crippen molar-refractivity contribution < 1.29 is 4.79 Å². The molecular formula is C25H28N4O. The van der Waals surface area contributed by atoms with Crippen LogP contribution in [0.3, 0.4) is 0 Å². The standard InChI is InChI=1S/C25H28N4O/c1-27(25(30)21-16-26-29(17-21)22-10-3-2-4-11-22)23-12-7-13-28(18-23)24-14-19-8-5-6-9-20(19)15-24/h2-6,8-11,16-17,23-24H,7,12-15,18H2,1H3. The molecule has 1 unspecified atom stereocenters. The number of fused-ring (bicyclic) bond motifs is 1. The summed E-state index contributed by atoms with van der Waals surface area (Å²) in [5.41, 5.74) is 4.58. The summed E-state index contributed by atoms with van der Waals surface area (Å²) in [5, 5.41) is 4.39. The summed E-state index contributed by atoms with van der Waals surface area (Å²) in [6, 6.07) is 19.5. The molecule has 0 radical (unpaired) electrons. The van der Waals surface area contributed by atoms with E-state index in [2.05, 4.69) is 34.3 Å². The molecule has 1 amide bonds. The smallest absolute Gasteiger partial charge is 0.257 e. The SMILES string of the molecule is CN(C(=O)c1cnn(-c2ccccc2)c1)C1CCCN(C2Cc3ccccc3C2)C1. The third-order valence-corrected chi connectivity index (χ3v) is 6.69. The van der Waals surface area contributed by atoms with Gasteiger partial charge in [0.25, 0.3) is 5.91 Å². The van der Waals surface area contributed by atoms with E-state index in [0.717, 1.165) is 44.5 Å². The van der Waals surface area contributed by atoms with Crippen LogP contribution in [-0.4, -0.2) is 57.7 Å². The number of carbonyl (C=O) groups is 1. The number of piperidine rings is 1. The van der Waals surface area contributed by atoms with Gasteiger partial charge in [0.2, 0.25) is 0 Å². The molecule has 5 nitrogen and oxygen atoms in total. The molecule has 2 heterocycles. The maximum absolute atomic E-state index is 13.1. The van der Waals surface area contributed by atoms with E-state index in [1.807, 2.05) is 48.5 Å². The zero-order valence-corrected chi connectivity index (χ0v) is 17.4. The highest BCUT2D eigenvalue weighted by molar-refractivity contribution is 5.93. The Hall–Kier alpha value is -2.92. The highest BCUT2D eigenvalue weighted by atomic mass is 16.2. The number of likely N-dealkylation sites (N-methyl/N-ethyl adjacent to an activating group) is 1. The number of likely N-dealkylation sites (tertiary alicyclic amines) is 1. The number of carbonyl (C=O) groups excluding carboxylic acids is 1. The molecule has 1 saturated heterocycles. The van der Waals surface area contributed by atoms with Gasteiger partial charge in [-0.3, -0.25) is 9.69 Å². The molecule has 3 aromatic rings. The molecule has 1 aliphatic heterocycles. The number of amides is 1. The van der Waals surface area contributed by atoms with Crippen LogP contribution in [0.4, 0.5) is 0 Å². The molecule has 1 aromatic heterocycles. The zero-order chi connectivity index (χ0) is 20.5. The van der Waals surface area contributed by atoms with Crippen LogP contribution in [0.15, 0.2) is 67.0 Å². The van der Waals surface area contributed by atoms with Crippen molar-refractivity contribution in [3.05, 3.63) is 83.7 Å². The molecular weight excluding hydrogens is 372 g/mol. The highest BCUT2D eigenvalue weighted by Crippen LogP contribution is 2.28. The van der Waals surface area contributed by atoms with Crippen LogP contribution < -0.4 is 0 Å². The van der Waals surface area contributed by atoms with Crippen LogP contribution in [0.2, 0.25) is 0 Å². The van der Waals surface area contributed by atoms with E-state index in [1.54, 1.807) is 10.9 Å². The molecule has 0 N–H and O–H groups in total. The first kappa shape index (κ1) is 19.1. The Kier molecular flexibility index (Phi) is 5.13. The second-order valence-corrected chi connectivity index (χ2v) is 8.55. The predicted molar refractivity (Wildman–Crippen MR) is 118 cm³/mol. The zero-order valence-electron chi connectivity index (χ0n) is 17.4. The summed E-state index contributed by atoms with van der Waals surface area (Å²) < 4.78 is 1.77. The molecule has 5 rings (SSSR count). The van der Waals surface area contributed by atoms with Gasteiger partial charge in [0.05, 0.1) is 17.4 Å². The Morgan fingerprint density at radius 1 is 1.03 bits per heavy atom. The Morgan fingerprint density at radius 3 is 2.47 bits per heavy atom. The highest BCUT2D eigenvalue weighted by Gasteiger charge is 2.33. The predicted octanol–water partition coefficient (Wildman–Crippen LogP) is 3.58. The van der Waals surface area contributed by atoms with Crippen molar-refractivity contribution in [3.63, 3.8) is 0 Å². The lowest BCUT2D eigenvalue weighted by molar-refractivity contribution is 0.0555. The molecule has 1 aliphatic carbocycles. The van der Waals surface area contributed by atoms with Crippen molar-refractivity contribution >= 4 is 5.91 Å². The topological polar surface area (TPSA) is 41.4 Å². The van der Waals surface area contributed by atoms with Gasteiger partial charge in [-0.15, -0.1) is 0 Å². The molecule has 2 aromatic carbocycles. The number of para-hydroxylation sites is 1. The molecule has 0 spiro atoms. The van der Waals surface area contributed by atoms with Crippen LogP contribution in [0, 0.1) is 0 Å². The molecule has 1 fully saturated rings. The minimum Gasteiger partial charge on any atom is -0.337 e. The molecule has 0 bridgehead atoms. The monoisotopic (exact) mass is 400 g/mol. The maximum Gasteiger partial charge on any atom is 0.257 e. The number of hydrogen-bond acceptors (Lipinski definition) is 3. The minimum atomic E-state index is 0.0544. The van der Waals surface area contributed by atoms with Crippen molar-refractivity contribution in [2.75, 3.05) is 20.1 Å². The third-order valence-electron chi connectivity index (χ3n) is 6.69. The van der Waals surface area contributed by atoms with Crippen LogP contribution >= 0.6 is 0 Å². The first-order chi connectivity index (χ1) is 14.7. The lowest BCUT2D eigenvalue weighted by atomic mass is 10.0. The van der Waals surface area contributed by atoms with E-state index in [9.17, 15) is 4.79 Å². The van der Waals surface area contributed by atoms with E-state index < -0.39 is 0 Å². The second-order valence-electron chi connectivity index (χ2n) is 8.55. The van der Waals surface area contributed by atoms with E-state index in [-0.39, 0.29) is 11.9 Å². The number of aromatic nitrogens is 2. The Labute approximate surface area is 177 Å². The van der Waals surface area contributed by atoms with Gasteiger partial charge in [-0.1, -0.05) is 42.5 Å². The van der Waals surface area contributed by atoms with Crippen LogP contribution in [0.25, 0.3) is 5.69 Å². The third kappa shape index (κ3) is 3.65. The molecule has 1 atom stereocenters. The second kappa shape index (κ2) is 8.07. The lowest BCUT2D eigenvalue weighted by Gasteiger charge is -2.40. The van der Waals surface area contributed by atoms with Crippen LogP contribution in [0.1, 0.15) is 34.3 Å². The van der Waals surface area contributed by atoms with Crippen LogP contribution in [0.5, 0.6) is 0 Å². The van der Waals surface area contributed by atoms with E-state index in [0.29, 0.717) is 11.6 Å². The summed E-state index contributed by atoms with van der Waals surface area (Å²) in [5.74, 6) is 0.0544. The van der Waals surface area contributed by atoms with Gasteiger partial charge in [0.1, 0.15) is 0 Å². The summed E-state index contributed by atoms with van der Waals surface area (Å²) in [6.45, 7) is 2.08. The van der Waals surface area contributed by atoms with Crippen molar-refractivity contribution in [2.45, 2.75) is 37.8 Å². The fourth-order valence-corrected chi connectivity index (χ4v) is 4.95. The number of rotatable bonds is 4. The van der Waals surface area contributed by atoms with Crippen molar-refractivity contribution in [1.82, 2.24) is 19.6 Å². The largest absolute Gasteiger partial charge is 0.337 e. The lowest BCUT2D eigenvalue weighted by Crippen LogP contribution is -2.51. The Morgan fingerprint density at radius 2 is 1.73 bits per heavy atom. The molecule has 154 valence electrons. The first-order valence-electron chi connectivity index (χ1n) is 10.9. The maximum atomic E-state index is 13.1. The average Bonchev–Trinajstić information content (AvgIpc) is 3.46. The number of benzene rings is 2. The average molecular weight is 401 g/mol. The number of hydrogen-bond donors (Lipinski definition) is 0. The van der Waals surface area contributed by atoms with Gasteiger partial charge >= 0.3 is 0 Å². The normalized spacial score (nSPS) is 19.6. The quantitative estimate of drug-likeness (QED) is 0.672. The summed E-state index contributed by atoms with van der Waals surface area (Å²) in [6.07, 6.45) is 7.97. The minimum absolute atomic E-state index is 0.0544. The Bertz CT molecular complexity index is 1000. The van der Waals surface area contributed by atoms with Crippen molar-refractivity contribution in [2.24, 2.45) is 0 Å². The van der Waals surface area contributed by atoms with Crippen LogP contribution in [-0.2, 0) is 12.8 Å². The van der Waals surface area contributed by atoms with Gasteiger partial charge in [-0.2, -0.15) is 5.10 Å². The van der Waals surface area contributed by atoms with Gasteiger partial charge in [0, 0.05) is 31.9 Å².